The van der Waals surface area contributed by atoms with Crippen molar-refractivity contribution < 1.29 is 4.42 Å². The zero-order valence-corrected chi connectivity index (χ0v) is 33.2. The Kier molecular flexibility index (Phi) is 8.17. The van der Waals surface area contributed by atoms with Crippen LogP contribution in [0.15, 0.2) is 235 Å². The minimum atomic E-state index is 0.902. The van der Waals surface area contributed by atoms with Crippen LogP contribution in [0, 0.1) is 0 Å². The maximum atomic E-state index is 6.32. The van der Waals surface area contributed by atoms with Gasteiger partial charge in [0.05, 0.1) is 22.4 Å². The van der Waals surface area contributed by atoms with Crippen molar-refractivity contribution in [2.45, 2.75) is 0 Å². The van der Waals surface area contributed by atoms with E-state index in [2.05, 4.69) is 234 Å². The number of anilines is 3. The van der Waals surface area contributed by atoms with E-state index in [0.29, 0.717) is 0 Å². The van der Waals surface area contributed by atoms with Crippen molar-refractivity contribution in [2.24, 2.45) is 0 Å². The molecule has 0 aliphatic heterocycles. The van der Waals surface area contributed by atoms with Crippen molar-refractivity contribution in [1.29, 1.82) is 0 Å². The molecule has 0 saturated carbocycles. The lowest BCUT2D eigenvalue weighted by atomic mass is 9.96. The molecule has 0 N–H and O–H groups in total. The molecule has 286 valence electrons. The molecule has 3 heteroatoms. The van der Waals surface area contributed by atoms with Crippen LogP contribution in [0.4, 0.5) is 17.1 Å². The Morgan fingerprint density at radius 2 is 0.885 bits per heavy atom. The van der Waals surface area contributed by atoms with E-state index in [9.17, 15) is 0 Å². The van der Waals surface area contributed by atoms with E-state index >= 15 is 0 Å². The largest absolute Gasteiger partial charge is 0.456 e. The molecule has 12 aromatic rings. The van der Waals surface area contributed by atoms with Crippen molar-refractivity contribution in [1.82, 2.24) is 4.57 Å². The second-order valence-corrected chi connectivity index (χ2v) is 15.7. The van der Waals surface area contributed by atoms with Gasteiger partial charge >= 0.3 is 0 Å². The number of rotatable bonds is 7. The predicted octanol–water partition coefficient (Wildman–Crippen LogP) is 16.3. The molecular formula is C58H38N2O. The molecule has 0 saturated heterocycles. The molecule has 0 aliphatic rings. The fourth-order valence-electron chi connectivity index (χ4n) is 9.37. The van der Waals surface area contributed by atoms with Crippen molar-refractivity contribution in [3.8, 4) is 39.1 Å². The average Bonchev–Trinajstić information content (AvgIpc) is 3.89. The normalized spacial score (nSPS) is 11.6. The zero-order valence-electron chi connectivity index (χ0n) is 33.2. The van der Waals surface area contributed by atoms with Gasteiger partial charge in [-0.15, -0.1) is 0 Å². The molecule has 12 rings (SSSR count). The third-order valence-electron chi connectivity index (χ3n) is 12.2. The number of hydrogen-bond donors (Lipinski definition) is 0. The third-order valence-corrected chi connectivity index (χ3v) is 12.2. The summed E-state index contributed by atoms with van der Waals surface area (Å²) in [5.41, 5.74) is 15.6. The highest BCUT2D eigenvalue weighted by Gasteiger charge is 2.20. The summed E-state index contributed by atoms with van der Waals surface area (Å²) in [6.07, 6.45) is 0. The Balaban J connectivity index is 1.01. The Hall–Kier alpha value is -8.14. The first-order chi connectivity index (χ1) is 30.3. The summed E-state index contributed by atoms with van der Waals surface area (Å²) in [5, 5.41) is 7.16. The SMILES string of the molecule is c1ccc(-c2ccc(N(c3ccc(-c4ccccc4-n4c5ccccc5c5ccccc54)cc3)c3ccccc3-c3ccc4ccc5oc6ccccc6c5c4c3)cc2)cc1. The van der Waals surface area contributed by atoms with Crippen molar-refractivity contribution >= 4 is 71.6 Å². The molecule has 0 radical (unpaired) electrons. The lowest BCUT2D eigenvalue weighted by Crippen LogP contribution is -2.11. The van der Waals surface area contributed by atoms with Crippen molar-refractivity contribution in [3.63, 3.8) is 0 Å². The highest BCUT2D eigenvalue weighted by molar-refractivity contribution is 6.19. The van der Waals surface area contributed by atoms with Crippen molar-refractivity contribution in [2.75, 3.05) is 4.90 Å². The second-order valence-electron chi connectivity index (χ2n) is 15.7. The summed E-state index contributed by atoms with van der Waals surface area (Å²) in [5.74, 6) is 0. The number of aromatic nitrogens is 1. The smallest absolute Gasteiger partial charge is 0.136 e. The molecule has 2 heterocycles. The lowest BCUT2D eigenvalue weighted by molar-refractivity contribution is 0.669. The van der Waals surface area contributed by atoms with Crippen LogP contribution in [0.5, 0.6) is 0 Å². The van der Waals surface area contributed by atoms with Crippen LogP contribution in [0.25, 0.3) is 93.6 Å². The van der Waals surface area contributed by atoms with E-state index in [1.54, 1.807) is 0 Å². The van der Waals surface area contributed by atoms with E-state index in [-0.39, 0.29) is 0 Å². The summed E-state index contributed by atoms with van der Waals surface area (Å²) in [6, 6.07) is 83.0. The maximum absolute atomic E-state index is 6.32. The van der Waals surface area contributed by atoms with Gasteiger partial charge in [0.25, 0.3) is 0 Å². The van der Waals surface area contributed by atoms with Crippen LogP contribution in [-0.2, 0) is 0 Å². The van der Waals surface area contributed by atoms with Crippen molar-refractivity contribution in [3.05, 3.63) is 231 Å². The zero-order chi connectivity index (χ0) is 40.3. The molecule has 0 bridgehead atoms. The monoisotopic (exact) mass is 778 g/mol. The number of fused-ring (bicyclic) bond motifs is 8. The molecule has 0 spiro atoms. The number of benzene rings is 10. The van der Waals surface area contributed by atoms with Gasteiger partial charge in [-0.25, -0.2) is 0 Å². The molecule has 0 fully saturated rings. The second kappa shape index (κ2) is 14.3. The molecule has 0 atom stereocenters. The Labute approximate surface area is 353 Å². The highest BCUT2D eigenvalue weighted by Crippen LogP contribution is 2.44. The van der Waals surface area contributed by atoms with E-state index < -0.39 is 0 Å². The predicted molar refractivity (Wildman–Crippen MR) is 257 cm³/mol. The summed E-state index contributed by atoms with van der Waals surface area (Å²) >= 11 is 0. The van der Waals surface area contributed by atoms with Crippen LogP contribution in [0.1, 0.15) is 0 Å². The number of para-hydroxylation sites is 5. The topological polar surface area (TPSA) is 21.3 Å². The Morgan fingerprint density at radius 3 is 1.62 bits per heavy atom. The minimum Gasteiger partial charge on any atom is -0.456 e. The van der Waals surface area contributed by atoms with Gasteiger partial charge < -0.3 is 13.9 Å². The summed E-state index contributed by atoms with van der Waals surface area (Å²) in [4.78, 5) is 2.39. The lowest BCUT2D eigenvalue weighted by Gasteiger charge is -2.28. The van der Waals surface area contributed by atoms with Gasteiger partial charge in [0.1, 0.15) is 11.2 Å². The maximum Gasteiger partial charge on any atom is 0.136 e. The van der Waals surface area contributed by atoms with E-state index in [1.807, 2.05) is 6.07 Å². The van der Waals surface area contributed by atoms with E-state index in [4.69, 9.17) is 4.42 Å². The van der Waals surface area contributed by atoms with Gasteiger partial charge in [-0.2, -0.15) is 0 Å². The average molecular weight is 779 g/mol. The first-order valence-electron chi connectivity index (χ1n) is 20.8. The quantitative estimate of drug-likeness (QED) is 0.161. The molecule has 2 aromatic heterocycles. The summed E-state index contributed by atoms with van der Waals surface area (Å²) < 4.78 is 8.73. The van der Waals surface area contributed by atoms with Gasteiger partial charge in [-0.1, -0.05) is 164 Å². The van der Waals surface area contributed by atoms with Gasteiger partial charge in [-0.05, 0) is 99.8 Å². The molecule has 0 unspecified atom stereocenters. The van der Waals surface area contributed by atoms with Crippen LogP contribution in [-0.4, -0.2) is 4.57 Å². The number of furan rings is 1. The molecule has 0 amide bonds. The standard InChI is InChI=1S/C58H38N2O/c1-2-14-39(15-3-1)40-28-33-44(34-29-40)59(52-21-9-5-17-47(52)43-27-26-42-32-37-57-58(51(42)38-43)50-20-8-13-25-56(50)61-57)45-35-30-41(31-36-45)46-16-4-10-22-53(46)60-54-23-11-6-18-48(54)49-19-7-12-24-55(49)60/h1-38H. The minimum absolute atomic E-state index is 0.902. The number of hydrogen-bond acceptors (Lipinski definition) is 2. The molecule has 3 nitrogen and oxygen atoms in total. The third kappa shape index (κ3) is 5.82. The summed E-state index contributed by atoms with van der Waals surface area (Å²) in [6.45, 7) is 0. The molecule has 61 heavy (non-hydrogen) atoms. The van der Waals surface area contributed by atoms with Crippen LogP contribution in [0.3, 0.4) is 0 Å². The van der Waals surface area contributed by atoms with Crippen LogP contribution < -0.4 is 4.90 Å². The van der Waals surface area contributed by atoms with Crippen LogP contribution >= 0.6 is 0 Å². The molecule has 0 aliphatic carbocycles. The first kappa shape index (κ1) is 34.9. The highest BCUT2D eigenvalue weighted by atomic mass is 16.3. The Bertz CT molecular complexity index is 3520. The van der Waals surface area contributed by atoms with Gasteiger partial charge in [0.15, 0.2) is 0 Å². The molecule has 10 aromatic carbocycles. The number of nitrogens with zero attached hydrogens (tertiary/aromatic N) is 2. The van der Waals surface area contributed by atoms with Crippen LogP contribution in [0.2, 0.25) is 0 Å². The van der Waals surface area contributed by atoms with Gasteiger partial charge in [0.2, 0.25) is 0 Å². The first-order valence-corrected chi connectivity index (χ1v) is 20.8. The fourth-order valence-corrected chi connectivity index (χ4v) is 9.37. The molecular weight excluding hydrogens is 741 g/mol. The fraction of sp³-hybridized carbons (Fsp3) is 0. The summed E-state index contributed by atoms with van der Waals surface area (Å²) in [7, 11) is 0. The van der Waals surface area contributed by atoms with E-state index in [1.165, 1.54) is 49.3 Å². The Morgan fingerprint density at radius 1 is 0.344 bits per heavy atom. The van der Waals surface area contributed by atoms with Gasteiger partial charge in [0, 0.05) is 44.0 Å². The van der Waals surface area contributed by atoms with E-state index in [0.717, 1.165) is 61.4 Å². The van der Waals surface area contributed by atoms with Gasteiger partial charge in [-0.3, -0.25) is 0 Å².